The van der Waals surface area contributed by atoms with Gasteiger partial charge in [-0.2, -0.15) is 0 Å². The fourth-order valence-electron chi connectivity index (χ4n) is 2.21. The molecule has 1 rings (SSSR count). The second-order valence-electron chi connectivity index (χ2n) is 8.48. The number of methoxy groups -OCH3 is 2. The van der Waals surface area contributed by atoms with Gasteiger partial charge in [-0.25, -0.2) is 19.3 Å². The molecule has 0 aliphatic heterocycles. The maximum Gasteiger partial charge on any atom is 0.420 e. The molecule has 0 fully saturated rings. The van der Waals surface area contributed by atoms with Gasteiger partial charge in [0.2, 0.25) is 0 Å². The third-order valence-electron chi connectivity index (χ3n) is 3.46. The maximum absolute atomic E-state index is 12.7. The molecule has 0 radical (unpaired) electrons. The van der Waals surface area contributed by atoms with Crippen LogP contribution in [0.2, 0.25) is 0 Å². The molecule has 0 atom stereocenters. The molecule has 0 aliphatic rings. The Hall–Kier alpha value is -3.03. The van der Waals surface area contributed by atoms with Crippen molar-refractivity contribution in [3.8, 4) is 5.75 Å². The van der Waals surface area contributed by atoms with Gasteiger partial charge < -0.3 is 18.9 Å². The summed E-state index contributed by atoms with van der Waals surface area (Å²) in [6.45, 7) is 9.65. The van der Waals surface area contributed by atoms with E-state index in [1.807, 2.05) is 0 Å². The molecule has 0 bridgehead atoms. The summed E-state index contributed by atoms with van der Waals surface area (Å²) in [6, 6.07) is 6.90. The Morgan fingerprint density at radius 2 is 1.33 bits per heavy atom. The molecule has 1 aromatic rings. The quantitative estimate of drug-likeness (QED) is 0.395. The Kier molecular flexibility index (Phi) is 8.45. The topological polar surface area (TPSA) is 91.4 Å². The van der Waals surface area contributed by atoms with Gasteiger partial charge in [0.15, 0.2) is 0 Å². The molecular weight excluding hydrogens is 390 g/mol. The highest BCUT2D eigenvalue weighted by molar-refractivity contribution is 5.97. The van der Waals surface area contributed by atoms with Crippen LogP contribution in [0.5, 0.6) is 5.75 Å². The van der Waals surface area contributed by atoms with Crippen molar-refractivity contribution in [3.05, 3.63) is 35.4 Å². The number of nitrogens with zero attached hydrogens (tertiary/aromatic N) is 1. The van der Waals surface area contributed by atoms with Gasteiger partial charge in [0.25, 0.3) is 0 Å². The van der Waals surface area contributed by atoms with Gasteiger partial charge in [-0.05, 0) is 65.3 Å². The molecule has 0 heterocycles. The van der Waals surface area contributed by atoms with Crippen LogP contribution in [0.1, 0.15) is 47.1 Å². The van der Waals surface area contributed by atoms with Crippen LogP contribution in [-0.2, 0) is 19.0 Å². The van der Waals surface area contributed by atoms with Crippen LogP contribution in [0, 0.1) is 0 Å². The first-order valence-electron chi connectivity index (χ1n) is 9.42. The molecule has 1 aromatic carbocycles. The van der Waals surface area contributed by atoms with Crippen LogP contribution in [0.3, 0.4) is 0 Å². The molecule has 166 valence electrons. The molecule has 0 unspecified atom stereocenters. The Morgan fingerprint density at radius 1 is 0.867 bits per heavy atom. The van der Waals surface area contributed by atoms with Crippen molar-refractivity contribution in [2.75, 3.05) is 20.8 Å². The summed E-state index contributed by atoms with van der Waals surface area (Å²) in [5.74, 6) is -0.0427. The molecular formula is C22H31NO7. The van der Waals surface area contributed by atoms with Crippen molar-refractivity contribution in [2.24, 2.45) is 0 Å². The first-order chi connectivity index (χ1) is 13.8. The van der Waals surface area contributed by atoms with E-state index >= 15 is 0 Å². The van der Waals surface area contributed by atoms with Crippen LogP contribution >= 0.6 is 0 Å². The molecule has 0 saturated heterocycles. The van der Waals surface area contributed by atoms with Gasteiger partial charge in [0, 0.05) is 0 Å². The van der Waals surface area contributed by atoms with Crippen molar-refractivity contribution in [3.63, 3.8) is 0 Å². The number of ether oxygens (including phenoxy) is 4. The average molecular weight is 421 g/mol. The zero-order valence-electron chi connectivity index (χ0n) is 18.9. The molecule has 0 aliphatic carbocycles. The second kappa shape index (κ2) is 10.1. The lowest BCUT2D eigenvalue weighted by molar-refractivity contribution is -0.136. The number of amides is 2. The summed E-state index contributed by atoms with van der Waals surface area (Å²) < 4.78 is 20.6. The lowest BCUT2D eigenvalue weighted by Gasteiger charge is -2.28. The third kappa shape index (κ3) is 8.55. The highest BCUT2D eigenvalue weighted by atomic mass is 16.6. The fourth-order valence-corrected chi connectivity index (χ4v) is 2.21. The summed E-state index contributed by atoms with van der Waals surface area (Å²) in [7, 11) is 2.76. The molecule has 2 amide bonds. The predicted molar refractivity (Wildman–Crippen MR) is 112 cm³/mol. The summed E-state index contributed by atoms with van der Waals surface area (Å²) in [6.07, 6.45) is -0.338. The van der Waals surface area contributed by atoms with Crippen LogP contribution < -0.4 is 4.74 Å². The molecule has 8 heteroatoms. The zero-order valence-corrected chi connectivity index (χ0v) is 18.9. The van der Waals surface area contributed by atoms with E-state index in [0.717, 1.165) is 4.90 Å². The summed E-state index contributed by atoms with van der Waals surface area (Å²) in [5.41, 5.74) is -0.964. The molecule has 0 saturated carbocycles. The van der Waals surface area contributed by atoms with Gasteiger partial charge >= 0.3 is 18.2 Å². The lowest BCUT2D eigenvalue weighted by Crippen LogP contribution is -2.45. The number of hydrogen-bond donors (Lipinski definition) is 0. The molecule has 0 aromatic heterocycles. The van der Waals surface area contributed by atoms with Crippen molar-refractivity contribution in [1.29, 1.82) is 0 Å². The van der Waals surface area contributed by atoms with E-state index in [1.165, 1.54) is 13.2 Å². The third-order valence-corrected chi connectivity index (χ3v) is 3.46. The van der Waals surface area contributed by atoms with E-state index in [1.54, 1.807) is 72.9 Å². The minimum absolute atomic E-state index is 0.0689. The molecule has 0 spiro atoms. The number of carbonyl (C=O) groups excluding carboxylic acids is 3. The standard InChI is InChI=1S/C22H31NO7/c1-21(2,3)29-19(25)23(20(26)30-22(4,5)6)14-16(18(24)28-8)13-15-9-11-17(27-7)12-10-15/h9-13H,14H2,1-8H3/b16-13+. The van der Waals surface area contributed by atoms with Crippen molar-refractivity contribution in [1.82, 2.24) is 4.90 Å². The second-order valence-corrected chi connectivity index (χ2v) is 8.48. The first kappa shape index (κ1) is 25.0. The number of imide groups is 1. The van der Waals surface area contributed by atoms with Crippen molar-refractivity contribution in [2.45, 2.75) is 52.7 Å². The Balaban J connectivity index is 3.29. The van der Waals surface area contributed by atoms with E-state index in [4.69, 9.17) is 18.9 Å². The van der Waals surface area contributed by atoms with Gasteiger partial charge in [-0.3, -0.25) is 0 Å². The summed E-state index contributed by atoms with van der Waals surface area (Å²) >= 11 is 0. The van der Waals surface area contributed by atoms with E-state index in [-0.39, 0.29) is 12.1 Å². The molecule has 8 nitrogen and oxygen atoms in total. The molecule has 30 heavy (non-hydrogen) atoms. The monoisotopic (exact) mass is 421 g/mol. The van der Waals surface area contributed by atoms with Gasteiger partial charge in [-0.15, -0.1) is 0 Å². The Labute approximate surface area is 177 Å². The number of carbonyl (C=O) groups is 3. The minimum atomic E-state index is -0.929. The number of rotatable bonds is 5. The average Bonchev–Trinajstić information content (AvgIpc) is 2.61. The maximum atomic E-state index is 12.7. The van der Waals surface area contributed by atoms with E-state index < -0.39 is 29.4 Å². The highest BCUT2D eigenvalue weighted by Gasteiger charge is 2.33. The normalized spacial score (nSPS) is 12.1. The van der Waals surface area contributed by atoms with Crippen LogP contribution in [0.15, 0.2) is 29.8 Å². The van der Waals surface area contributed by atoms with E-state index in [0.29, 0.717) is 11.3 Å². The number of hydrogen-bond acceptors (Lipinski definition) is 7. The zero-order chi connectivity index (χ0) is 23.1. The minimum Gasteiger partial charge on any atom is -0.497 e. The summed E-state index contributed by atoms with van der Waals surface area (Å²) in [4.78, 5) is 38.4. The van der Waals surface area contributed by atoms with Gasteiger partial charge in [-0.1, -0.05) is 12.1 Å². The van der Waals surface area contributed by atoms with E-state index in [2.05, 4.69) is 0 Å². The van der Waals surface area contributed by atoms with Crippen molar-refractivity contribution < 1.29 is 33.3 Å². The molecule has 0 N–H and O–H groups in total. The number of esters is 1. The summed E-state index contributed by atoms with van der Waals surface area (Å²) in [5, 5.41) is 0. The highest BCUT2D eigenvalue weighted by Crippen LogP contribution is 2.19. The Morgan fingerprint density at radius 3 is 1.70 bits per heavy atom. The van der Waals surface area contributed by atoms with Crippen LogP contribution in [-0.4, -0.2) is 55.0 Å². The largest absolute Gasteiger partial charge is 0.497 e. The van der Waals surface area contributed by atoms with E-state index in [9.17, 15) is 14.4 Å². The lowest BCUT2D eigenvalue weighted by atomic mass is 10.1. The Bertz CT molecular complexity index is 755. The SMILES string of the molecule is COC(=O)/C(=C/c1ccc(OC)cc1)CN(C(=O)OC(C)(C)C)C(=O)OC(C)(C)C. The predicted octanol–water partition coefficient (Wildman–Crippen LogP) is 4.42. The van der Waals surface area contributed by atoms with Crippen molar-refractivity contribution >= 4 is 24.2 Å². The van der Waals surface area contributed by atoms with Crippen LogP contribution in [0.4, 0.5) is 9.59 Å². The van der Waals surface area contributed by atoms with Gasteiger partial charge in [0.1, 0.15) is 17.0 Å². The van der Waals surface area contributed by atoms with Gasteiger partial charge in [0.05, 0.1) is 26.3 Å². The number of benzene rings is 1. The smallest absolute Gasteiger partial charge is 0.420 e. The first-order valence-corrected chi connectivity index (χ1v) is 9.42. The fraction of sp³-hybridized carbons (Fsp3) is 0.500. The van der Waals surface area contributed by atoms with Crippen LogP contribution in [0.25, 0.3) is 6.08 Å².